The van der Waals surface area contributed by atoms with E-state index in [1.807, 2.05) is 60.0 Å². The highest BCUT2D eigenvalue weighted by atomic mass is 19.4. The van der Waals surface area contributed by atoms with Crippen LogP contribution in [0, 0.1) is 6.92 Å². The van der Waals surface area contributed by atoms with Gasteiger partial charge in [-0.3, -0.25) is 4.40 Å². The van der Waals surface area contributed by atoms with Crippen LogP contribution in [0.5, 0.6) is 5.75 Å². The smallest absolute Gasteiger partial charge is 0.416 e. The molecule has 0 aliphatic heterocycles. The molecular formula is C29H22F3N3O2. The maximum absolute atomic E-state index is 12.9. The number of benzene rings is 3. The molecule has 186 valence electrons. The van der Waals surface area contributed by atoms with E-state index in [4.69, 9.17) is 9.72 Å². The van der Waals surface area contributed by atoms with Crippen LogP contribution < -0.4 is 10.1 Å². The summed E-state index contributed by atoms with van der Waals surface area (Å²) in [5.74, 6) is 0.201. The number of alkyl halides is 3. The molecule has 0 spiro atoms. The summed E-state index contributed by atoms with van der Waals surface area (Å²) in [6, 6.07) is 24.7. The Balaban J connectivity index is 1.50. The Kier molecular flexibility index (Phi) is 6.40. The zero-order chi connectivity index (χ0) is 26.0. The average molecular weight is 502 g/mol. The Morgan fingerprint density at radius 2 is 1.65 bits per heavy atom. The van der Waals surface area contributed by atoms with Crippen molar-refractivity contribution >= 4 is 17.4 Å². The monoisotopic (exact) mass is 501 g/mol. The molecule has 5 aromatic rings. The lowest BCUT2D eigenvalue weighted by Crippen LogP contribution is -2.11. The summed E-state index contributed by atoms with van der Waals surface area (Å²) in [4.78, 5) is 17.6. The molecule has 37 heavy (non-hydrogen) atoms. The van der Waals surface area contributed by atoms with Gasteiger partial charge in [-0.05, 0) is 66.6 Å². The van der Waals surface area contributed by atoms with Gasteiger partial charge in [0.15, 0.2) is 0 Å². The molecule has 0 saturated carbocycles. The third kappa shape index (κ3) is 5.18. The van der Waals surface area contributed by atoms with Crippen LogP contribution >= 0.6 is 0 Å². The van der Waals surface area contributed by atoms with Crippen LogP contribution in [0.15, 0.2) is 97.2 Å². The van der Waals surface area contributed by atoms with E-state index in [9.17, 15) is 18.0 Å². The van der Waals surface area contributed by atoms with Crippen molar-refractivity contribution in [3.8, 4) is 17.0 Å². The minimum absolute atomic E-state index is 0.0101. The molecule has 8 heteroatoms. The Hall–Kier alpha value is -4.59. The first-order chi connectivity index (χ1) is 17.8. The molecule has 2 aromatic heterocycles. The molecular weight excluding hydrogens is 479 g/mol. The number of carbonyl (C=O) groups excluding carboxylic acids is 1. The zero-order valence-electron chi connectivity index (χ0n) is 19.8. The lowest BCUT2D eigenvalue weighted by Gasteiger charge is -2.12. The van der Waals surface area contributed by atoms with Crippen molar-refractivity contribution in [1.29, 1.82) is 0 Å². The summed E-state index contributed by atoms with van der Waals surface area (Å²) in [6.07, 6.45) is -2.56. The fraction of sp³-hybridized carbons (Fsp3) is 0.103. The van der Waals surface area contributed by atoms with Crippen molar-refractivity contribution in [2.75, 3.05) is 5.32 Å². The first kappa shape index (κ1) is 24.1. The van der Waals surface area contributed by atoms with Gasteiger partial charge >= 0.3 is 12.1 Å². The molecule has 0 aliphatic rings. The number of para-hydroxylation sites is 1. The molecule has 0 unspecified atom stereocenters. The van der Waals surface area contributed by atoms with E-state index in [1.54, 1.807) is 24.3 Å². The van der Waals surface area contributed by atoms with E-state index in [1.165, 1.54) is 0 Å². The van der Waals surface area contributed by atoms with Gasteiger partial charge in [-0.1, -0.05) is 42.5 Å². The summed E-state index contributed by atoms with van der Waals surface area (Å²) in [7, 11) is 0. The second-order valence-electron chi connectivity index (χ2n) is 8.54. The third-order valence-corrected chi connectivity index (χ3v) is 5.88. The van der Waals surface area contributed by atoms with Crippen LogP contribution in [0.1, 0.15) is 27.0 Å². The van der Waals surface area contributed by atoms with Crippen molar-refractivity contribution in [3.63, 3.8) is 0 Å². The number of carbonyl (C=O) groups is 1. The fourth-order valence-corrected chi connectivity index (χ4v) is 3.99. The molecule has 0 amide bonds. The highest BCUT2D eigenvalue weighted by molar-refractivity contribution is 5.92. The van der Waals surface area contributed by atoms with Gasteiger partial charge < -0.3 is 10.1 Å². The van der Waals surface area contributed by atoms with Crippen LogP contribution in [-0.4, -0.2) is 15.4 Å². The Bertz CT molecular complexity index is 1560. The maximum atomic E-state index is 12.9. The molecule has 0 bridgehead atoms. The number of hydrogen-bond acceptors (Lipinski definition) is 4. The van der Waals surface area contributed by atoms with Gasteiger partial charge in [0.1, 0.15) is 22.9 Å². The van der Waals surface area contributed by atoms with Gasteiger partial charge in [0.25, 0.3) is 0 Å². The molecule has 0 atom stereocenters. The minimum atomic E-state index is -4.49. The molecule has 1 N–H and O–H groups in total. The first-order valence-corrected chi connectivity index (χ1v) is 11.5. The van der Waals surface area contributed by atoms with Crippen molar-refractivity contribution in [2.45, 2.75) is 19.6 Å². The summed E-state index contributed by atoms with van der Waals surface area (Å²) in [6.45, 7) is 2.52. The first-order valence-electron chi connectivity index (χ1n) is 11.5. The lowest BCUT2D eigenvalue weighted by molar-refractivity contribution is -0.137. The lowest BCUT2D eigenvalue weighted by atomic mass is 10.1. The number of halogens is 3. The molecule has 0 saturated heterocycles. The number of ether oxygens (including phenoxy) is 1. The summed E-state index contributed by atoms with van der Waals surface area (Å²) < 4.78 is 46.3. The summed E-state index contributed by atoms with van der Waals surface area (Å²) in [5, 5.41) is 3.46. The Morgan fingerprint density at radius 3 is 2.38 bits per heavy atom. The number of pyridine rings is 1. The number of rotatable bonds is 6. The molecule has 5 rings (SSSR count). The second-order valence-corrected chi connectivity index (χ2v) is 8.54. The third-order valence-electron chi connectivity index (χ3n) is 5.88. The number of aromatic nitrogens is 2. The number of nitrogens with one attached hydrogen (secondary N) is 1. The van der Waals surface area contributed by atoms with Crippen LogP contribution in [0.3, 0.4) is 0 Å². The number of esters is 1. The van der Waals surface area contributed by atoms with Gasteiger partial charge in [-0.15, -0.1) is 0 Å². The average Bonchev–Trinajstić information content (AvgIpc) is 3.25. The molecule has 2 heterocycles. The van der Waals surface area contributed by atoms with Crippen LogP contribution in [-0.2, 0) is 12.7 Å². The summed E-state index contributed by atoms with van der Waals surface area (Å²) >= 11 is 0. The van der Waals surface area contributed by atoms with Gasteiger partial charge in [0, 0.05) is 18.3 Å². The van der Waals surface area contributed by atoms with Crippen LogP contribution in [0.2, 0.25) is 0 Å². The number of fused-ring (bicyclic) bond motifs is 1. The predicted molar refractivity (Wildman–Crippen MR) is 136 cm³/mol. The standard InChI is InChI=1S/C29H22F3N3O2/c1-19-15-16-35-25(17-19)34-26(27(35)33-18-20-7-3-2-4-8-20)23-9-5-6-10-24(23)37-28(36)21-11-13-22(14-12-21)29(30,31)32/h2-17,33H,18H2,1H3. The van der Waals surface area contributed by atoms with Gasteiger partial charge in [0.2, 0.25) is 0 Å². The highest BCUT2D eigenvalue weighted by Crippen LogP contribution is 2.36. The SMILES string of the molecule is Cc1ccn2c(NCc3ccccc3)c(-c3ccccc3OC(=O)c3ccc(C(F)(F)F)cc3)nc2c1. The second kappa shape index (κ2) is 9.81. The van der Waals surface area contributed by atoms with Crippen molar-refractivity contribution < 1.29 is 22.7 Å². The quantitative estimate of drug-likeness (QED) is 0.198. The molecule has 0 aliphatic carbocycles. The van der Waals surface area contributed by atoms with Gasteiger partial charge in [0.05, 0.1) is 11.1 Å². The van der Waals surface area contributed by atoms with Gasteiger partial charge in [-0.2, -0.15) is 13.2 Å². The number of anilines is 1. The summed E-state index contributed by atoms with van der Waals surface area (Å²) in [5.41, 5.74) is 3.17. The molecule has 5 nitrogen and oxygen atoms in total. The maximum Gasteiger partial charge on any atom is 0.416 e. The topological polar surface area (TPSA) is 55.6 Å². The fourth-order valence-electron chi connectivity index (χ4n) is 3.99. The molecule has 0 radical (unpaired) electrons. The van der Waals surface area contributed by atoms with Crippen LogP contribution in [0.25, 0.3) is 16.9 Å². The van der Waals surface area contributed by atoms with E-state index in [-0.39, 0.29) is 11.3 Å². The number of nitrogens with zero attached hydrogens (tertiary/aromatic N) is 2. The zero-order valence-corrected chi connectivity index (χ0v) is 19.8. The Morgan fingerprint density at radius 1 is 0.946 bits per heavy atom. The van der Waals surface area contributed by atoms with Crippen LogP contribution in [0.4, 0.5) is 19.0 Å². The van der Waals surface area contributed by atoms with E-state index >= 15 is 0 Å². The van der Waals surface area contributed by atoms with Crippen molar-refractivity contribution in [3.05, 3.63) is 119 Å². The number of hydrogen-bond donors (Lipinski definition) is 1. The number of imidazole rings is 1. The van der Waals surface area contributed by atoms with E-state index in [2.05, 4.69) is 5.32 Å². The van der Waals surface area contributed by atoms with Gasteiger partial charge in [-0.25, -0.2) is 9.78 Å². The molecule has 0 fully saturated rings. The van der Waals surface area contributed by atoms with E-state index in [0.29, 0.717) is 17.8 Å². The minimum Gasteiger partial charge on any atom is -0.422 e. The van der Waals surface area contributed by atoms with Crippen molar-refractivity contribution in [1.82, 2.24) is 9.38 Å². The number of aryl methyl sites for hydroxylation is 1. The van der Waals surface area contributed by atoms with Crippen molar-refractivity contribution in [2.24, 2.45) is 0 Å². The predicted octanol–water partition coefficient (Wildman–Crippen LogP) is 7.16. The van der Waals surface area contributed by atoms with E-state index < -0.39 is 17.7 Å². The molecule has 3 aromatic carbocycles. The Labute approximate surface area is 211 Å². The van der Waals surface area contributed by atoms with E-state index in [0.717, 1.165) is 46.9 Å². The highest BCUT2D eigenvalue weighted by Gasteiger charge is 2.30. The largest absolute Gasteiger partial charge is 0.422 e. The normalized spacial score (nSPS) is 11.5.